The molecule has 0 aromatic heterocycles. The maximum atomic E-state index is 12.8. The van der Waals surface area contributed by atoms with Gasteiger partial charge in [0.1, 0.15) is 6.61 Å². The van der Waals surface area contributed by atoms with Crippen LogP contribution in [0.2, 0.25) is 0 Å². The number of amides is 3. The maximum absolute atomic E-state index is 12.8. The first kappa shape index (κ1) is 22.4. The first-order valence-electron chi connectivity index (χ1n) is 9.77. The number of nitrogens with zero attached hydrogens (tertiary/aromatic N) is 1. The lowest BCUT2D eigenvalue weighted by Gasteiger charge is -2.35. The monoisotopic (exact) mass is 403 g/mol. The molecule has 1 aliphatic rings. The summed E-state index contributed by atoms with van der Waals surface area (Å²) in [7, 11) is 1.53. The normalized spacial score (nSPS) is 16.5. The van der Waals surface area contributed by atoms with E-state index in [-0.39, 0.29) is 18.5 Å². The molecule has 1 unspecified atom stereocenters. The largest absolute Gasteiger partial charge is 0.460 e. The topological polar surface area (TPSA) is 97.0 Å². The molecule has 8 nitrogen and oxygen atoms in total. The molecule has 3 amide bonds. The van der Waals surface area contributed by atoms with Crippen molar-refractivity contribution < 1.29 is 23.9 Å². The lowest BCUT2D eigenvalue weighted by molar-refractivity contribution is -0.141. The average Bonchev–Trinajstić information content (AvgIpc) is 2.71. The molecule has 158 valence electrons. The number of esters is 1. The molecule has 8 heteroatoms. The highest BCUT2D eigenvalue weighted by Gasteiger charge is 2.36. The molecule has 1 aromatic rings. The van der Waals surface area contributed by atoms with Crippen LogP contribution in [0.25, 0.3) is 0 Å². The van der Waals surface area contributed by atoms with Crippen LogP contribution < -0.4 is 10.6 Å². The van der Waals surface area contributed by atoms with Crippen LogP contribution in [0.4, 0.5) is 10.5 Å². The van der Waals surface area contributed by atoms with Crippen molar-refractivity contribution in [2.75, 3.05) is 32.2 Å². The lowest BCUT2D eigenvalue weighted by Crippen LogP contribution is -2.48. The average molecular weight is 403 g/mol. The van der Waals surface area contributed by atoms with E-state index in [0.29, 0.717) is 36.5 Å². The van der Waals surface area contributed by atoms with Crippen LogP contribution in [0.3, 0.4) is 0 Å². The summed E-state index contributed by atoms with van der Waals surface area (Å²) in [5.74, 6) is -0.578. The number of methoxy groups -OCH3 is 1. The zero-order valence-corrected chi connectivity index (χ0v) is 17.4. The van der Waals surface area contributed by atoms with Gasteiger partial charge in [-0.25, -0.2) is 9.59 Å². The van der Waals surface area contributed by atoms with Crippen molar-refractivity contribution in [3.63, 3.8) is 0 Å². The summed E-state index contributed by atoms with van der Waals surface area (Å²) < 4.78 is 10.3. The number of nitrogens with one attached hydrogen (secondary N) is 2. The predicted octanol–water partition coefficient (Wildman–Crippen LogP) is 2.98. The molecule has 1 heterocycles. The van der Waals surface area contributed by atoms with E-state index in [1.54, 1.807) is 43.0 Å². The fourth-order valence-electron chi connectivity index (χ4n) is 3.09. The molecule has 29 heavy (non-hydrogen) atoms. The molecule has 0 fully saturated rings. The Morgan fingerprint density at radius 1 is 1.17 bits per heavy atom. The summed E-state index contributed by atoms with van der Waals surface area (Å²) in [6, 6.07) is 6.16. The number of urea groups is 1. The smallest absolute Gasteiger partial charge is 0.338 e. The number of hydrogen-bond donors (Lipinski definition) is 2. The molecule has 0 saturated heterocycles. The van der Waals surface area contributed by atoms with Crippen LogP contribution in [0.15, 0.2) is 35.5 Å². The molecule has 1 aromatic carbocycles. The second-order valence-corrected chi connectivity index (χ2v) is 6.69. The maximum Gasteiger partial charge on any atom is 0.338 e. The fraction of sp³-hybridized carbons (Fsp3) is 0.476. The Bertz CT molecular complexity index is 773. The summed E-state index contributed by atoms with van der Waals surface area (Å²) in [6.45, 7) is 6.42. The second-order valence-electron chi connectivity index (χ2n) is 6.69. The molecule has 0 radical (unpaired) electrons. The minimum Gasteiger partial charge on any atom is -0.460 e. The highest BCUT2D eigenvalue weighted by Crippen LogP contribution is 2.32. The van der Waals surface area contributed by atoms with Gasteiger partial charge in [0.25, 0.3) is 0 Å². The van der Waals surface area contributed by atoms with Gasteiger partial charge in [-0.1, -0.05) is 26.0 Å². The molecule has 2 rings (SSSR count). The van der Waals surface area contributed by atoms with Crippen LogP contribution in [0.5, 0.6) is 0 Å². The molecule has 0 spiro atoms. The summed E-state index contributed by atoms with van der Waals surface area (Å²) in [5, 5.41) is 5.68. The summed E-state index contributed by atoms with van der Waals surface area (Å²) in [5.41, 5.74) is 2.34. The minimum absolute atomic E-state index is 0.0860. The van der Waals surface area contributed by atoms with Crippen LogP contribution in [0.1, 0.15) is 45.2 Å². The van der Waals surface area contributed by atoms with Gasteiger partial charge in [-0.2, -0.15) is 0 Å². The van der Waals surface area contributed by atoms with Gasteiger partial charge in [-0.3, -0.25) is 9.69 Å². The van der Waals surface area contributed by atoms with E-state index in [9.17, 15) is 14.4 Å². The molecule has 1 aliphatic heterocycles. The highest BCUT2D eigenvalue weighted by molar-refractivity contribution is 5.95. The number of rotatable bonds is 9. The van der Waals surface area contributed by atoms with Gasteiger partial charge in [0.2, 0.25) is 5.91 Å². The van der Waals surface area contributed by atoms with E-state index in [1.807, 2.05) is 6.92 Å². The molecule has 0 saturated carbocycles. The molecule has 0 bridgehead atoms. The third-order valence-electron chi connectivity index (χ3n) is 4.63. The number of hydrogen-bond acceptors (Lipinski definition) is 5. The van der Waals surface area contributed by atoms with E-state index in [4.69, 9.17) is 9.47 Å². The Morgan fingerprint density at radius 2 is 1.86 bits per heavy atom. The summed E-state index contributed by atoms with van der Waals surface area (Å²) >= 11 is 0. The van der Waals surface area contributed by atoms with Gasteiger partial charge in [0, 0.05) is 31.5 Å². The van der Waals surface area contributed by atoms with Crippen LogP contribution in [-0.4, -0.2) is 49.7 Å². The molecular formula is C21H29N3O5. The van der Waals surface area contributed by atoms with Gasteiger partial charge in [0.15, 0.2) is 0 Å². The zero-order chi connectivity index (χ0) is 21.4. The van der Waals surface area contributed by atoms with Crippen LogP contribution in [0, 0.1) is 0 Å². The van der Waals surface area contributed by atoms with Gasteiger partial charge in [0.05, 0.1) is 18.2 Å². The Morgan fingerprint density at radius 3 is 2.45 bits per heavy atom. The quantitative estimate of drug-likeness (QED) is 0.488. The molecular weight excluding hydrogens is 374 g/mol. The van der Waals surface area contributed by atoms with Gasteiger partial charge >= 0.3 is 12.0 Å². The van der Waals surface area contributed by atoms with Crippen molar-refractivity contribution in [3.8, 4) is 0 Å². The Balaban J connectivity index is 2.35. The van der Waals surface area contributed by atoms with Gasteiger partial charge in [-0.05, 0) is 31.0 Å². The van der Waals surface area contributed by atoms with E-state index in [2.05, 4.69) is 10.6 Å². The van der Waals surface area contributed by atoms with Crippen LogP contribution in [-0.2, 0) is 19.1 Å². The number of carbonyl (C=O) groups is 3. The van der Waals surface area contributed by atoms with Crippen molar-refractivity contribution in [1.29, 1.82) is 0 Å². The minimum atomic E-state index is -0.637. The van der Waals surface area contributed by atoms with E-state index in [1.165, 1.54) is 7.11 Å². The zero-order valence-electron chi connectivity index (χ0n) is 17.4. The van der Waals surface area contributed by atoms with E-state index in [0.717, 1.165) is 12.0 Å². The highest BCUT2D eigenvalue weighted by atomic mass is 16.6. The Hall–Kier alpha value is -2.87. The fourth-order valence-corrected chi connectivity index (χ4v) is 3.09. The second kappa shape index (κ2) is 10.6. The van der Waals surface area contributed by atoms with Gasteiger partial charge < -0.3 is 20.1 Å². The third kappa shape index (κ3) is 5.57. The number of carbonyl (C=O) groups excluding carboxylic acids is 3. The predicted molar refractivity (Wildman–Crippen MR) is 109 cm³/mol. The summed E-state index contributed by atoms with van der Waals surface area (Å²) in [4.78, 5) is 38.5. The number of allylic oxidation sites excluding steroid dienone is 1. The standard InChI is InChI=1S/C21H29N3O5/c1-5-11-24-14(3)18(20(26)29-13-12-28-4)19(23-21(24)27)15-7-9-16(10-8-15)22-17(25)6-2/h7-10,19H,5-6,11-13H2,1-4H3,(H,22,25)(H,23,27). The van der Waals surface area contributed by atoms with Crippen molar-refractivity contribution in [2.45, 2.75) is 39.7 Å². The van der Waals surface area contributed by atoms with Gasteiger partial charge in [-0.15, -0.1) is 0 Å². The molecule has 2 N–H and O–H groups in total. The first-order valence-corrected chi connectivity index (χ1v) is 9.77. The number of anilines is 1. The van der Waals surface area contributed by atoms with E-state index < -0.39 is 12.0 Å². The Labute approximate surface area is 171 Å². The molecule has 1 atom stereocenters. The lowest BCUT2D eigenvalue weighted by atomic mass is 9.94. The van der Waals surface area contributed by atoms with Crippen molar-refractivity contribution in [3.05, 3.63) is 41.1 Å². The van der Waals surface area contributed by atoms with Crippen molar-refractivity contribution in [2.24, 2.45) is 0 Å². The van der Waals surface area contributed by atoms with Crippen molar-refractivity contribution >= 4 is 23.6 Å². The number of ether oxygens (including phenoxy) is 2. The van der Waals surface area contributed by atoms with Crippen molar-refractivity contribution in [1.82, 2.24) is 10.2 Å². The third-order valence-corrected chi connectivity index (χ3v) is 4.63. The van der Waals surface area contributed by atoms with Crippen LogP contribution >= 0.6 is 0 Å². The Kier molecular flexibility index (Phi) is 8.21. The number of benzene rings is 1. The molecule has 0 aliphatic carbocycles. The van der Waals surface area contributed by atoms with E-state index >= 15 is 0 Å². The first-order chi connectivity index (χ1) is 13.9. The SMILES string of the molecule is CCCN1C(=O)NC(c2ccc(NC(=O)CC)cc2)C(C(=O)OCCOC)=C1C. The summed E-state index contributed by atoms with van der Waals surface area (Å²) in [6.07, 6.45) is 1.14.